The van der Waals surface area contributed by atoms with E-state index in [2.05, 4.69) is 5.32 Å². The second-order valence-corrected chi connectivity index (χ2v) is 4.89. The summed E-state index contributed by atoms with van der Waals surface area (Å²) in [5, 5.41) is 13.5. The van der Waals surface area contributed by atoms with Gasteiger partial charge >= 0.3 is 5.69 Å². The number of aryl methyl sites for hydroxylation is 1. The van der Waals surface area contributed by atoms with Gasteiger partial charge in [0, 0.05) is 17.8 Å². The Bertz CT molecular complexity index is 762. The summed E-state index contributed by atoms with van der Waals surface area (Å²) in [5.74, 6) is -0.469. The maximum Gasteiger partial charge on any atom is 0.311 e. The maximum absolute atomic E-state index is 12.8. The number of halogens is 1. The zero-order chi connectivity index (χ0) is 17.7. The second kappa shape index (κ2) is 7.40. The average Bonchev–Trinajstić information content (AvgIpc) is 2.55. The summed E-state index contributed by atoms with van der Waals surface area (Å²) in [6.45, 7) is 1.34. The van der Waals surface area contributed by atoms with E-state index in [1.54, 1.807) is 6.92 Å². The number of amides is 1. The zero-order valence-electron chi connectivity index (χ0n) is 13.0. The number of nitro groups is 1. The minimum Gasteiger partial charge on any atom is -0.490 e. The monoisotopic (exact) mass is 334 g/mol. The van der Waals surface area contributed by atoms with Crippen molar-refractivity contribution in [2.75, 3.05) is 19.0 Å². The van der Waals surface area contributed by atoms with Crippen LogP contribution in [0.4, 0.5) is 15.8 Å². The molecule has 0 aliphatic rings. The molecule has 0 saturated carbocycles. The number of nitrogens with zero attached hydrogens (tertiary/aromatic N) is 1. The van der Waals surface area contributed by atoms with Gasteiger partial charge in [-0.1, -0.05) is 0 Å². The quantitative estimate of drug-likeness (QED) is 0.647. The van der Waals surface area contributed by atoms with Crippen molar-refractivity contribution in [3.8, 4) is 11.5 Å². The maximum atomic E-state index is 12.8. The van der Waals surface area contributed by atoms with Crippen LogP contribution in [0.3, 0.4) is 0 Å². The summed E-state index contributed by atoms with van der Waals surface area (Å²) in [6, 6.07) is 7.95. The SMILES string of the molecule is COc1cc(NC(=O)COc2ccc(F)cc2)c(C)cc1[N+](=O)[O-]. The summed E-state index contributed by atoms with van der Waals surface area (Å²) in [6.07, 6.45) is 0. The summed E-state index contributed by atoms with van der Waals surface area (Å²) in [4.78, 5) is 22.3. The van der Waals surface area contributed by atoms with Gasteiger partial charge in [0.15, 0.2) is 12.4 Å². The molecule has 0 aliphatic carbocycles. The molecule has 2 rings (SSSR count). The first-order valence-electron chi connectivity index (χ1n) is 6.92. The van der Waals surface area contributed by atoms with E-state index in [0.29, 0.717) is 17.0 Å². The van der Waals surface area contributed by atoms with Crippen molar-refractivity contribution in [1.82, 2.24) is 0 Å². The molecule has 126 valence electrons. The molecule has 0 bridgehead atoms. The highest BCUT2D eigenvalue weighted by Gasteiger charge is 2.18. The lowest BCUT2D eigenvalue weighted by Gasteiger charge is -2.11. The Balaban J connectivity index is 2.05. The Kier molecular flexibility index (Phi) is 5.31. The number of carbonyl (C=O) groups is 1. The molecular formula is C16H15FN2O5. The molecule has 24 heavy (non-hydrogen) atoms. The van der Waals surface area contributed by atoms with Crippen LogP contribution in [0.25, 0.3) is 0 Å². The van der Waals surface area contributed by atoms with Crippen molar-refractivity contribution < 1.29 is 23.6 Å². The number of benzene rings is 2. The van der Waals surface area contributed by atoms with Gasteiger partial charge < -0.3 is 14.8 Å². The fourth-order valence-corrected chi connectivity index (χ4v) is 1.98. The van der Waals surface area contributed by atoms with Crippen LogP contribution in [-0.4, -0.2) is 24.5 Å². The number of nitrogens with one attached hydrogen (secondary N) is 1. The van der Waals surface area contributed by atoms with Gasteiger partial charge in [0.05, 0.1) is 12.0 Å². The molecular weight excluding hydrogens is 319 g/mol. The Morgan fingerprint density at radius 2 is 1.96 bits per heavy atom. The Morgan fingerprint density at radius 3 is 2.54 bits per heavy atom. The molecule has 0 heterocycles. The van der Waals surface area contributed by atoms with Crippen LogP contribution in [0.1, 0.15) is 5.56 Å². The van der Waals surface area contributed by atoms with Gasteiger partial charge in [0.1, 0.15) is 11.6 Å². The Hall–Kier alpha value is -3.16. The summed E-state index contributed by atoms with van der Waals surface area (Å²) in [5.41, 5.74) is 0.707. The summed E-state index contributed by atoms with van der Waals surface area (Å²) >= 11 is 0. The first-order valence-corrected chi connectivity index (χ1v) is 6.92. The summed E-state index contributed by atoms with van der Waals surface area (Å²) < 4.78 is 23.0. The predicted octanol–water partition coefficient (Wildman–Crippen LogP) is 3.07. The van der Waals surface area contributed by atoms with Crippen LogP contribution in [0.5, 0.6) is 11.5 Å². The third-order valence-electron chi connectivity index (χ3n) is 3.18. The van der Waals surface area contributed by atoms with Crippen LogP contribution in [0, 0.1) is 22.9 Å². The molecule has 7 nitrogen and oxygen atoms in total. The van der Waals surface area contributed by atoms with Gasteiger partial charge in [0.2, 0.25) is 0 Å². The standard InChI is InChI=1S/C16H15FN2O5/c1-10-7-14(19(21)22)15(23-2)8-13(10)18-16(20)9-24-12-5-3-11(17)4-6-12/h3-8H,9H2,1-2H3,(H,18,20). The first kappa shape index (κ1) is 17.2. The zero-order valence-corrected chi connectivity index (χ0v) is 13.0. The molecule has 0 saturated heterocycles. The number of hydrogen-bond donors (Lipinski definition) is 1. The van der Waals surface area contributed by atoms with Crippen LogP contribution < -0.4 is 14.8 Å². The molecule has 1 N–H and O–H groups in total. The highest BCUT2D eigenvalue weighted by molar-refractivity contribution is 5.93. The van der Waals surface area contributed by atoms with E-state index in [1.165, 1.54) is 43.5 Å². The molecule has 0 spiro atoms. The normalized spacial score (nSPS) is 10.1. The van der Waals surface area contributed by atoms with E-state index < -0.39 is 16.6 Å². The van der Waals surface area contributed by atoms with Gasteiger partial charge in [-0.05, 0) is 36.8 Å². The molecule has 1 amide bonds. The van der Waals surface area contributed by atoms with E-state index >= 15 is 0 Å². The number of anilines is 1. The molecule has 0 unspecified atom stereocenters. The average molecular weight is 334 g/mol. The first-order chi connectivity index (χ1) is 11.4. The van der Waals surface area contributed by atoms with Gasteiger partial charge in [-0.15, -0.1) is 0 Å². The number of carbonyl (C=O) groups excluding carboxylic acids is 1. The lowest BCUT2D eigenvalue weighted by Crippen LogP contribution is -2.20. The van der Waals surface area contributed by atoms with E-state index in [0.717, 1.165) is 0 Å². The minimum atomic E-state index is -0.560. The number of methoxy groups -OCH3 is 1. The molecule has 0 radical (unpaired) electrons. The van der Waals surface area contributed by atoms with Crippen molar-refractivity contribution in [2.24, 2.45) is 0 Å². The summed E-state index contributed by atoms with van der Waals surface area (Å²) in [7, 11) is 1.31. The van der Waals surface area contributed by atoms with Gasteiger partial charge in [-0.2, -0.15) is 0 Å². The highest BCUT2D eigenvalue weighted by Crippen LogP contribution is 2.32. The largest absolute Gasteiger partial charge is 0.490 e. The molecule has 8 heteroatoms. The Labute approximate surface area is 137 Å². The topological polar surface area (TPSA) is 90.7 Å². The van der Waals surface area contributed by atoms with Crippen molar-refractivity contribution in [3.63, 3.8) is 0 Å². The van der Waals surface area contributed by atoms with E-state index in [1.807, 2.05) is 0 Å². The lowest BCUT2D eigenvalue weighted by molar-refractivity contribution is -0.385. The smallest absolute Gasteiger partial charge is 0.311 e. The van der Waals surface area contributed by atoms with E-state index in [4.69, 9.17) is 9.47 Å². The molecule has 2 aromatic carbocycles. The van der Waals surface area contributed by atoms with E-state index in [-0.39, 0.29) is 18.0 Å². The van der Waals surface area contributed by atoms with Crippen LogP contribution in [-0.2, 0) is 4.79 Å². The van der Waals surface area contributed by atoms with E-state index in [9.17, 15) is 19.3 Å². The number of nitro benzene ring substituents is 1. The van der Waals surface area contributed by atoms with Crippen LogP contribution in [0.15, 0.2) is 36.4 Å². The van der Waals surface area contributed by atoms with Gasteiger partial charge in [-0.25, -0.2) is 4.39 Å². The molecule has 0 aromatic heterocycles. The van der Waals surface area contributed by atoms with Crippen molar-refractivity contribution in [3.05, 3.63) is 57.9 Å². The highest BCUT2D eigenvalue weighted by atomic mass is 19.1. The number of rotatable bonds is 6. The molecule has 0 aliphatic heterocycles. The van der Waals surface area contributed by atoms with Crippen LogP contribution in [0.2, 0.25) is 0 Å². The van der Waals surface area contributed by atoms with Gasteiger partial charge in [0.25, 0.3) is 5.91 Å². The van der Waals surface area contributed by atoms with Crippen molar-refractivity contribution in [2.45, 2.75) is 6.92 Å². The third kappa shape index (κ3) is 4.19. The van der Waals surface area contributed by atoms with Crippen molar-refractivity contribution in [1.29, 1.82) is 0 Å². The number of ether oxygens (including phenoxy) is 2. The second-order valence-electron chi connectivity index (χ2n) is 4.89. The molecule has 0 fully saturated rings. The molecule has 0 atom stereocenters. The van der Waals surface area contributed by atoms with Crippen molar-refractivity contribution >= 4 is 17.3 Å². The fraction of sp³-hybridized carbons (Fsp3) is 0.188. The predicted molar refractivity (Wildman–Crippen MR) is 84.9 cm³/mol. The van der Waals surface area contributed by atoms with Gasteiger partial charge in [-0.3, -0.25) is 14.9 Å². The lowest BCUT2D eigenvalue weighted by atomic mass is 10.1. The Morgan fingerprint density at radius 1 is 1.29 bits per heavy atom. The minimum absolute atomic E-state index is 0.0420. The fourth-order valence-electron chi connectivity index (χ4n) is 1.98. The third-order valence-corrected chi connectivity index (χ3v) is 3.18. The van der Waals surface area contributed by atoms with Crippen LogP contribution >= 0.6 is 0 Å². The molecule has 2 aromatic rings. The number of hydrogen-bond acceptors (Lipinski definition) is 5.